The summed E-state index contributed by atoms with van der Waals surface area (Å²) in [5.41, 5.74) is -0.896. The van der Waals surface area contributed by atoms with Crippen molar-refractivity contribution >= 4 is 7.82 Å². The van der Waals surface area contributed by atoms with Crippen LogP contribution in [0.1, 0.15) is 198 Å². The van der Waals surface area contributed by atoms with Crippen molar-refractivity contribution in [2.75, 3.05) is 39.6 Å². The third-order valence-corrected chi connectivity index (χ3v) is 12.6. The molecule has 0 spiro atoms. The molecule has 9 atom stereocenters. The first-order chi connectivity index (χ1) is 26.3. The summed E-state index contributed by atoms with van der Waals surface area (Å²) in [4.78, 5) is 12.3. The van der Waals surface area contributed by atoms with Crippen LogP contribution in [0.2, 0.25) is 0 Å². The molecule has 0 bridgehead atoms. The molecule has 0 radical (unpaired) electrons. The first kappa shape index (κ1) is 55.9. The second-order valence-electron chi connectivity index (χ2n) is 19.3. The molecule has 0 aromatic carbocycles. The van der Waals surface area contributed by atoms with Gasteiger partial charge in [0.05, 0.1) is 32.0 Å². The van der Waals surface area contributed by atoms with Crippen LogP contribution in [0.4, 0.5) is 0 Å². The van der Waals surface area contributed by atoms with Gasteiger partial charge in [-0.05, 0) is 67.6 Å². The molecule has 0 saturated carbocycles. The monoisotopic (exact) mass is 822 g/mol. The Morgan fingerprint density at radius 3 is 1.38 bits per heavy atom. The number of aliphatic hydroxyl groups excluding tert-OH is 2. The molecule has 0 aliphatic heterocycles. The lowest BCUT2D eigenvalue weighted by atomic mass is 9.89. The Morgan fingerprint density at radius 1 is 0.554 bits per heavy atom. The van der Waals surface area contributed by atoms with E-state index in [1.807, 2.05) is 6.92 Å². The molecule has 56 heavy (non-hydrogen) atoms. The van der Waals surface area contributed by atoms with Gasteiger partial charge in [0.1, 0.15) is 12.2 Å². The van der Waals surface area contributed by atoms with Crippen molar-refractivity contribution in [2.24, 2.45) is 41.4 Å². The molecule has 9 nitrogen and oxygen atoms in total. The van der Waals surface area contributed by atoms with E-state index in [1.54, 1.807) is 0 Å². The molecule has 0 heterocycles. The number of ether oxygens (including phenoxy) is 2. The van der Waals surface area contributed by atoms with Crippen molar-refractivity contribution in [3.8, 4) is 0 Å². The van der Waals surface area contributed by atoms with Gasteiger partial charge in [0.25, 0.3) is 7.82 Å². The van der Waals surface area contributed by atoms with Gasteiger partial charge < -0.3 is 38.7 Å². The molecule has 0 fully saturated rings. The third kappa shape index (κ3) is 35.8. The third-order valence-electron chi connectivity index (χ3n) is 11.7. The van der Waals surface area contributed by atoms with Crippen molar-refractivity contribution in [1.82, 2.24) is 0 Å². The molecule has 0 aliphatic rings. The highest BCUT2D eigenvalue weighted by Gasteiger charge is 2.23. The topological polar surface area (TPSA) is 138 Å². The van der Waals surface area contributed by atoms with Gasteiger partial charge in [0.15, 0.2) is 0 Å². The lowest BCUT2D eigenvalue weighted by Gasteiger charge is -2.28. The van der Waals surface area contributed by atoms with E-state index in [-0.39, 0.29) is 19.8 Å². The summed E-state index contributed by atoms with van der Waals surface area (Å²) >= 11 is 0. The molecular weight excluding hydrogens is 727 g/mol. The van der Waals surface area contributed by atoms with Gasteiger partial charge in [0, 0.05) is 13.2 Å². The van der Waals surface area contributed by atoms with Crippen LogP contribution in [-0.2, 0) is 23.1 Å². The van der Waals surface area contributed by atoms with Crippen LogP contribution in [0.3, 0.4) is 0 Å². The average molecular weight is 822 g/mol. The fraction of sp³-hybridized carbons (Fsp3) is 1.00. The minimum Gasteiger partial charge on any atom is -0.756 e. The number of aliphatic hydroxyl groups is 3. The molecule has 0 aromatic heterocycles. The Hall–Kier alpha value is -0.0900. The van der Waals surface area contributed by atoms with Crippen LogP contribution >= 0.6 is 7.82 Å². The normalized spacial score (nSPS) is 18.4. The highest BCUT2D eigenvalue weighted by atomic mass is 31.2. The Balaban J connectivity index is 4.62. The number of phosphoric ester groups is 1. The van der Waals surface area contributed by atoms with Crippen molar-refractivity contribution in [3.63, 3.8) is 0 Å². The van der Waals surface area contributed by atoms with E-state index in [0.29, 0.717) is 31.3 Å². The summed E-state index contributed by atoms with van der Waals surface area (Å²) in [5.74, 6) is 5.12. The molecule has 0 rings (SSSR count). The van der Waals surface area contributed by atoms with Crippen LogP contribution < -0.4 is 4.89 Å². The zero-order valence-electron chi connectivity index (χ0n) is 38.3. The van der Waals surface area contributed by atoms with E-state index in [0.717, 1.165) is 55.3 Å². The predicted molar refractivity (Wildman–Crippen MR) is 232 cm³/mol. The number of hydrogen-bond donors (Lipinski definition) is 3. The van der Waals surface area contributed by atoms with E-state index in [2.05, 4.69) is 62.3 Å². The first-order valence-electron chi connectivity index (χ1n) is 23.1. The van der Waals surface area contributed by atoms with E-state index in [4.69, 9.17) is 23.6 Å². The van der Waals surface area contributed by atoms with Crippen LogP contribution in [-0.4, -0.2) is 72.8 Å². The van der Waals surface area contributed by atoms with E-state index in [9.17, 15) is 19.7 Å². The maximum atomic E-state index is 12.3. The molecule has 0 aromatic rings. The largest absolute Gasteiger partial charge is 0.756 e. The molecule has 10 heteroatoms. The van der Waals surface area contributed by atoms with E-state index >= 15 is 0 Å². The summed E-state index contributed by atoms with van der Waals surface area (Å²) in [7, 11) is -4.73. The Labute approximate surface area is 346 Å². The Morgan fingerprint density at radius 2 is 0.946 bits per heavy atom. The molecule has 0 saturated heterocycles. The van der Waals surface area contributed by atoms with Crippen LogP contribution in [0.25, 0.3) is 0 Å². The van der Waals surface area contributed by atoms with Crippen molar-refractivity contribution in [3.05, 3.63) is 0 Å². The number of phosphoric acid groups is 1. The Bertz CT molecular complexity index is 932. The highest BCUT2D eigenvalue weighted by molar-refractivity contribution is 7.45. The van der Waals surface area contributed by atoms with Gasteiger partial charge in [-0.2, -0.15) is 0 Å². The molecular formula is C46H94O9P-. The zero-order valence-corrected chi connectivity index (χ0v) is 39.2. The summed E-state index contributed by atoms with van der Waals surface area (Å²) in [5, 5.41) is 29.6. The Kier molecular flexibility index (Phi) is 33.6. The van der Waals surface area contributed by atoms with Gasteiger partial charge in [0.2, 0.25) is 0 Å². The van der Waals surface area contributed by atoms with E-state index < -0.39 is 38.8 Å². The number of hydrogen-bond acceptors (Lipinski definition) is 9. The van der Waals surface area contributed by atoms with Gasteiger partial charge in [-0.1, -0.05) is 171 Å². The molecule has 0 amide bonds. The fourth-order valence-electron chi connectivity index (χ4n) is 7.40. The van der Waals surface area contributed by atoms with Crippen LogP contribution in [0.15, 0.2) is 0 Å². The first-order valence-corrected chi connectivity index (χ1v) is 24.6. The van der Waals surface area contributed by atoms with Crippen molar-refractivity contribution in [2.45, 2.75) is 215 Å². The summed E-state index contributed by atoms with van der Waals surface area (Å²) < 4.78 is 34.1. The summed E-state index contributed by atoms with van der Waals surface area (Å²) in [6, 6.07) is 0. The molecule has 0 aliphatic carbocycles. The maximum absolute atomic E-state index is 12.3. The lowest BCUT2D eigenvalue weighted by molar-refractivity contribution is -0.230. The SMILES string of the molecule is CC(C)CCC[C@@H](C)CCC[C@@H](C)CCC[C@@H](C)CCOC[C@@H](COP(=O)([O-])OC[C@H](O)CO)OCC[C@](C)(O)CCC[C@H](C)CCC[C@H](C)CCCC(C)C. The van der Waals surface area contributed by atoms with Crippen molar-refractivity contribution < 1.29 is 43.3 Å². The fourth-order valence-corrected chi connectivity index (χ4v) is 8.18. The highest BCUT2D eigenvalue weighted by Crippen LogP contribution is 2.38. The smallest absolute Gasteiger partial charge is 0.268 e. The molecule has 3 N–H and O–H groups in total. The second-order valence-corrected chi connectivity index (χ2v) is 20.7. The molecule has 338 valence electrons. The predicted octanol–water partition coefficient (Wildman–Crippen LogP) is 11.3. The minimum atomic E-state index is -4.73. The van der Waals surface area contributed by atoms with Crippen LogP contribution in [0, 0.1) is 41.4 Å². The van der Waals surface area contributed by atoms with Crippen LogP contribution in [0.5, 0.6) is 0 Å². The summed E-state index contributed by atoms with van der Waals surface area (Å²) in [6.07, 6.45) is 21.4. The van der Waals surface area contributed by atoms with Gasteiger partial charge in [-0.15, -0.1) is 0 Å². The average Bonchev–Trinajstić information content (AvgIpc) is 3.10. The van der Waals surface area contributed by atoms with E-state index in [1.165, 1.54) is 89.9 Å². The lowest BCUT2D eigenvalue weighted by Crippen LogP contribution is -2.31. The van der Waals surface area contributed by atoms with Gasteiger partial charge in [-0.3, -0.25) is 4.57 Å². The number of rotatable bonds is 40. The standard InChI is InChI=1S/C46H95O9P/c1-37(2)17-11-19-39(5)21-13-23-41(7)24-15-26-43(9)28-31-52-35-45(36-55-56(50,51)54-34-44(48)33-47)53-32-30-46(10,49)29-16-27-42(8)25-14-22-40(6)20-12-18-38(3)4/h37-45,47-49H,11-36H2,1-10H3,(H,50,51)/p-1/t39-,40-,41-,42-,43-,44-,45+,46-/m1/s1. The summed E-state index contributed by atoms with van der Waals surface area (Å²) in [6.45, 7) is 22.2. The quantitative estimate of drug-likeness (QED) is 0.0407. The minimum absolute atomic E-state index is 0.148. The van der Waals surface area contributed by atoms with Gasteiger partial charge >= 0.3 is 0 Å². The maximum Gasteiger partial charge on any atom is 0.268 e. The van der Waals surface area contributed by atoms with Crippen molar-refractivity contribution in [1.29, 1.82) is 0 Å². The zero-order chi connectivity index (χ0) is 42.4. The second kappa shape index (κ2) is 33.6. The van der Waals surface area contributed by atoms with Gasteiger partial charge in [-0.25, -0.2) is 0 Å². The molecule has 1 unspecified atom stereocenters.